The van der Waals surface area contributed by atoms with E-state index in [0.29, 0.717) is 21.2 Å². The number of carbonyl (C=O) groups is 2. The summed E-state index contributed by atoms with van der Waals surface area (Å²) in [5.41, 5.74) is 1.31. The van der Waals surface area contributed by atoms with E-state index in [1.54, 1.807) is 30.3 Å². The van der Waals surface area contributed by atoms with Crippen molar-refractivity contribution in [2.45, 2.75) is 6.54 Å². The fourth-order valence-corrected chi connectivity index (χ4v) is 3.57. The number of benzene rings is 2. The van der Waals surface area contributed by atoms with Gasteiger partial charge in [-0.15, -0.1) is 0 Å². The number of carbonyl (C=O) groups excluding carboxylic acids is 2. The maximum atomic E-state index is 12.5. The Kier molecular flexibility index (Phi) is 5.29. The monoisotopic (exact) mass is 413 g/mol. The molecule has 1 fully saturated rings. The van der Waals surface area contributed by atoms with Crippen LogP contribution in [0.4, 0.5) is 4.79 Å². The Balaban J connectivity index is 1.83. The molecule has 0 saturated carbocycles. The lowest BCUT2D eigenvalue weighted by molar-refractivity contribution is -0.123. The Morgan fingerprint density at radius 3 is 2.44 bits per heavy atom. The third-order valence-corrected chi connectivity index (χ3v) is 5.42. The Hall–Kier alpha value is -1.66. The first-order valence-corrected chi connectivity index (χ1v) is 8.98. The number of amides is 2. The summed E-state index contributed by atoms with van der Waals surface area (Å²) >= 11 is 18.5. The van der Waals surface area contributed by atoms with Crippen LogP contribution in [0.5, 0.6) is 5.75 Å². The highest BCUT2D eigenvalue weighted by Gasteiger charge is 2.35. The van der Waals surface area contributed by atoms with Crippen LogP contribution in [-0.2, 0) is 11.3 Å². The number of phenols is 1. The first-order chi connectivity index (χ1) is 11.8. The van der Waals surface area contributed by atoms with Crippen LogP contribution in [0, 0.1) is 0 Å². The van der Waals surface area contributed by atoms with Gasteiger partial charge in [-0.1, -0.05) is 46.9 Å². The van der Waals surface area contributed by atoms with E-state index in [4.69, 9.17) is 34.8 Å². The van der Waals surface area contributed by atoms with E-state index in [-0.39, 0.29) is 27.5 Å². The van der Waals surface area contributed by atoms with Gasteiger partial charge in [-0.2, -0.15) is 0 Å². The van der Waals surface area contributed by atoms with Crippen LogP contribution in [-0.4, -0.2) is 21.2 Å². The molecule has 25 heavy (non-hydrogen) atoms. The van der Waals surface area contributed by atoms with Gasteiger partial charge >= 0.3 is 0 Å². The molecule has 2 aromatic carbocycles. The van der Waals surface area contributed by atoms with Gasteiger partial charge in [-0.25, -0.2) is 0 Å². The van der Waals surface area contributed by atoms with E-state index in [1.807, 2.05) is 0 Å². The standard InChI is InChI=1S/C17H10Cl3NO3S/c18-11-3-1-10(6-12(11)19)8-21-16(23)15(25-17(21)24)7-9-2-4-14(22)13(20)5-9/h1-7,22H,8H2. The minimum Gasteiger partial charge on any atom is -0.506 e. The molecule has 1 heterocycles. The summed E-state index contributed by atoms with van der Waals surface area (Å²) in [6.07, 6.45) is 1.56. The van der Waals surface area contributed by atoms with Crippen LogP contribution in [0.25, 0.3) is 6.08 Å². The molecule has 0 bridgehead atoms. The summed E-state index contributed by atoms with van der Waals surface area (Å²) in [6, 6.07) is 9.50. The molecule has 1 aliphatic rings. The quantitative estimate of drug-likeness (QED) is 0.665. The summed E-state index contributed by atoms with van der Waals surface area (Å²) in [5, 5.41) is 10.0. The zero-order valence-electron chi connectivity index (χ0n) is 12.5. The molecule has 0 atom stereocenters. The molecular formula is C17H10Cl3NO3S. The van der Waals surface area contributed by atoms with Gasteiger partial charge in [0, 0.05) is 0 Å². The van der Waals surface area contributed by atoms with Gasteiger partial charge in [-0.3, -0.25) is 14.5 Å². The van der Waals surface area contributed by atoms with Gasteiger partial charge in [0.05, 0.1) is 26.5 Å². The number of imide groups is 1. The lowest BCUT2D eigenvalue weighted by Gasteiger charge is -2.12. The predicted octanol–water partition coefficient (Wildman–Crippen LogP) is 5.59. The minimum absolute atomic E-state index is 0.0495. The van der Waals surface area contributed by atoms with Crippen LogP contribution >= 0.6 is 46.6 Å². The highest BCUT2D eigenvalue weighted by molar-refractivity contribution is 8.18. The zero-order valence-corrected chi connectivity index (χ0v) is 15.6. The number of halogens is 3. The van der Waals surface area contributed by atoms with Crippen molar-refractivity contribution in [3.8, 4) is 5.75 Å². The van der Waals surface area contributed by atoms with E-state index < -0.39 is 5.91 Å². The molecule has 1 saturated heterocycles. The third kappa shape index (κ3) is 3.96. The van der Waals surface area contributed by atoms with Gasteiger partial charge in [0.1, 0.15) is 5.75 Å². The summed E-state index contributed by atoms with van der Waals surface area (Å²) in [5.74, 6) is -0.447. The number of phenolic OH excluding ortho intramolecular Hbond substituents is 1. The Bertz CT molecular complexity index is 914. The number of hydrogen-bond acceptors (Lipinski definition) is 4. The average molecular weight is 415 g/mol. The second kappa shape index (κ2) is 7.30. The first-order valence-electron chi connectivity index (χ1n) is 7.03. The van der Waals surface area contributed by atoms with Crippen LogP contribution < -0.4 is 0 Å². The van der Waals surface area contributed by atoms with Crippen molar-refractivity contribution in [2.75, 3.05) is 0 Å². The predicted molar refractivity (Wildman–Crippen MR) is 101 cm³/mol. The van der Waals surface area contributed by atoms with Crippen molar-refractivity contribution >= 4 is 63.8 Å². The van der Waals surface area contributed by atoms with Crippen molar-refractivity contribution in [2.24, 2.45) is 0 Å². The molecule has 0 unspecified atom stereocenters. The van der Waals surface area contributed by atoms with E-state index >= 15 is 0 Å². The molecule has 2 amide bonds. The second-order valence-electron chi connectivity index (χ2n) is 5.23. The fourth-order valence-electron chi connectivity index (χ4n) is 2.22. The summed E-state index contributed by atoms with van der Waals surface area (Å²) in [6.45, 7) is 0.106. The van der Waals surface area contributed by atoms with Gasteiger partial charge in [0.2, 0.25) is 0 Å². The molecule has 128 valence electrons. The van der Waals surface area contributed by atoms with E-state index in [0.717, 1.165) is 16.7 Å². The molecule has 0 radical (unpaired) electrons. The summed E-state index contributed by atoms with van der Waals surface area (Å²) in [4.78, 5) is 26.1. The van der Waals surface area contributed by atoms with E-state index in [9.17, 15) is 14.7 Å². The maximum absolute atomic E-state index is 12.5. The smallest absolute Gasteiger partial charge is 0.293 e. The molecule has 0 aliphatic carbocycles. The van der Waals surface area contributed by atoms with Crippen LogP contribution in [0.15, 0.2) is 41.3 Å². The lowest BCUT2D eigenvalue weighted by Crippen LogP contribution is -2.27. The van der Waals surface area contributed by atoms with E-state index in [1.165, 1.54) is 12.1 Å². The molecule has 0 aromatic heterocycles. The van der Waals surface area contributed by atoms with Gasteiger partial charge in [0.25, 0.3) is 11.1 Å². The number of nitrogens with zero attached hydrogens (tertiary/aromatic N) is 1. The lowest BCUT2D eigenvalue weighted by atomic mass is 10.2. The van der Waals surface area contributed by atoms with E-state index in [2.05, 4.69) is 0 Å². The van der Waals surface area contributed by atoms with Crippen LogP contribution in [0.1, 0.15) is 11.1 Å². The van der Waals surface area contributed by atoms with Gasteiger partial charge < -0.3 is 5.11 Å². The number of aromatic hydroxyl groups is 1. The molecule has 1 aliphatic heterocycles. The number of hydrogen-bond donors (Lipinski definition) is 1. The van der Waals surface area contributed by atoms with Crippen molar-refractivity contribution in [1.82, 2.24) is 4.90 Å². The molecule has 8 heteroatoms. The van der Waals surface area contributed by atoms with Gasteiger partial charge in [-0.05, 0) is 53.2 Å². The SMILES string of the molecule is O=C1SC(=Cc2ccc(O)c(Cl)c2)C(=O)N1Cc1ccc(Cl)c(Cl)c1. The molecular weight excluding hydrogens is 405 g/mol. The Morgan fingerprint density at radius 2 is 1.76 bits per heavy atom. The highest BCUT2D eigenvalue weighted by Crippen LogP contribution is 2.35. The summed E-state index contributed by atoms with van der Waals surface area (Å²) < 4.78 is 0. The van der Waals surface area contributed by atoms with Gasteiger partial charge in [0.15, 0.2) is 0 Å². The largest absolute Gasteiger partial charge is 0.506 e. The second-order valence-corrected chi connectivity index (χ2v) is 7.44. The molecule has 0 spiro atoms. The van der Waals surface area contributed by atoms with Crippen molar-refractivity contribution in [3.05, 3.63) is 67.5 Å². The summed E-state index contributed by atoms with van der Waals surface area (Å²) in [7, 11) is 0. The topological polar surface area (TPSA) is 57.6 Å². The molecule has 4 nitrogen and oxygen atoms in total. The number of thioether (sulfide) groups is 1. The molecule has 3 rings (SSSR count). The average Bonchev–Trinajstić information content (AvgIpc) is 2.82. The maximum Gasteiger partial charge on any atom is 0.293 e. The molecule has 1 N–H and O–H groups in total. The van der Waals surface area contributed by atoms with Crippen LogP contribution in [0.2, 0.25) is 15.1 Å². The number of rotatable bonds is 3. The van der Waals surface area contributed by atoms with Crippen molar-refractivity contribution in [3.63, 3.8) is 0 Å². The Morgan fingerprint density at radius 1 is 1.00 bits per heavy atom. The van der Waals surface area contributed by atoms with Crippen LogP contribution in [0.3, 0.4) is 0 Å². The van der Waals surface area contributed by atoms with Crippen molar-refractivity contribution < 1.29 is 14.7 Å². The Labute approximate surface area is 163 Å². The molecule has 2 aromatic rings. The fraction of sp³-hybridized carbons (Fsp3) is 0.0588. The highest BCUT2D eigenvalue weighted by atomic mass is 35.5. The van der Waals surface area contributed by atoms with Crippen molar-refractivity contribution in [1.29, 1.82) is 0 Å². The zero-order chi connectivity index (χ0) is 18.1. The third-order valence-electron chi connectivity index (χ3n) is 3.47. The normalized spacial score (nSPS) is 16.1. The minimum atomic E-state index is -0.398. The first kappa shape index (κ1) is 18.1.